The average Bonchev–Trinajstić information content (AvgIpc) is 2.09. The molecule has 2 unspecified atom stereocenters. The summed E-state index contributed by atoms with van der Waals surface area (Å²) in [6.07, 6.45) is 0.557. The van der Waals surface area contributed by atoms with Gasteiger partial charge in [0.25, 0.3) is 0 Å². The Labute approximate surface area is 121 Å². The highest BCUT2D eigenvalue weighted by Gasteiger charge is 2.23. The lowest BCUT2D eigenvalue weighted by Gasteiger charge is -2.27. The molecule has 2 amide bonds. The molecule has 0 aliphatic rings. The van der Waals surface area contributed by atoms with Crippen molar-refractivity contribution < 1.29 is 14.7 Å². The van der Waals surface area contributed by atoms with Crippen LogP contribution in [0.2, 0.25) is 0 Å². The number of carbonyl (C=O) groups is 2. The largest absolute Gasteiger partial charge is 0.481 e. The van der Waals surface area contributed by atoms with E-state index >= 15 is 0 Å². The number of nitrogens with one attached hydrogen (secondary N) is 2. The Kier molecular flexibility index (Phi) is 7.57. The highest BCUT2D eigenvalue weighted by molar-refractivity contribution is 5.76. The fourth-order valence-electron chi connectivity index (χ4n) is 2.17. The Hall–Kier alpha value is -1.30. The lowest BCUT2D eigenvalue weighted by Crippen LogP contribution is -2.49. The van der Waals surface area contributed by atoms with E-state index in [1.165, 1.54) is 0 Å². The van der Waals surface area contributed by atoms with Gasteiger partial charge < -0.3 is 20.6 Å². The van der Waals surface area contributed by atoms with Gasteiger partial charge in [0, 0.05) is 18.6 Å². The number of amides is 2. The first-order chi connectivity index (χ1) is 8.99. The van der Waals surface area contributed by atoms with E-state index in [-0.39, 0.29) is 30.0 Å². The van der Waals surface area contributed by atoms with Crippen molar-refractivity contribution in [1.82, 2.24) is 15.5 Å². The SMILES string of the molecule is CC(CN(C)C)NC(=O)NC(CC(=O)O)CC(C)(C)C. The molecule has 0 spiro atoms. The van der Waals surface area contributed by atoms with E-state index < -0.39 is 5.97 Å². The zero-order valence-electron chi connectivity index (χ0n) is 13.5. The smallest absolute Gasteiger partial charge is 0.315 e. The van der Waals surface area contributed by atoms with Gasteiger partial charge in [-0.05, 0) is 32.9 Å². The third kappa shape index (κ3) is 10.6. The summed E-state index contributed by atoms with van der Waals surface area (Å²) in [5.41, 5.74) is -0.0390. The van der Waals surface area contributed by atoms with E-state index in [0.717, 1.165) is 6.54 Å². The molecule has 0 bridgehead atoms. The van der Waals surface area contributed by atoms with E-state index in [9.17, 15) is 9.59 Å². The van der Waals surface area contributed by atoms with Crippen molar-refractivity contribution in [1.29, 1.82) is 0 Å². The third-order valence-electron chi connectivity index (χ3n) is 2.63. The maximum Gasteiger partial charge on any atom is 0.315 e. The molecule has 3 N–H and O–H groups in total. The van der Waals surface area contributed by atoms with Crippen LogP contribution in [-0.2, 0) is 4.79 Å². The van der Waals surface area contributed by atoms with Crippen LogP contribution >= 0.6 is 0 Å². The van der Waals surface area contributed by atoms with Crippen molar-refractivity contribution in [3.05, 3.63) is 0 Å². The van der Waals surface area contributed by atoms with Gasteiger partial charge in [-0.2, -0.15) is 0 Å². The standard InChI is InChI=1S/C14H29N3O3/c1-10(9-17(5)6)15-13(20)16-11(7-12(18)19)8-14(2,3)4/h10-11H,7-9H2,1-6H3,(H,18,19)(H2,15,16,20). The van der Waals surface area contributed by atoms with Crippen LogP contribution in [-0.4, -0.2) is 54.7 Å². The predicted molar refractivity (Wildman–Crippen MR) is 79.8 cm³/mol. The molecule has 6 nitrogen and oxygen atoms in total. The number of urea groups is 1. The van der Waals surface area contributed by atoms with Gasteiger partial charge in [0.1, 0.15) is 0 Å². The Balaban J connectivity index is 4.41. The summed E-state index contributed by atoms with van der Waals surface area (Å²) in [4.78, 5) is 24.7. The molecule has 0 aromatic rings. The van der Waals surface area contributed by atoms with Gasteiger partial charge in [-0.25, -0.2) is 4.79 Å². The second-order valence-corrected chi connectivity index (χ2v) is 6.84. The molecule has 0 saturated heterocycles. The number of carboxylic acid groups (broad SMARTS) is 1. The van der Waals surface area contributed by atoms with Gasteiger partial charge in [-0.3, -0.25) is 4.79 Å². The van der Waals surface area contributed by atoms with E-state index in [1.807, 2.05) is 46.7 Å². The molecule has 2 atom stereocenters. The highest BCUT2D eigenvalue weighted by atomic mass is 16.4. The highest BCUT2D eigenvalue weighted by Crippen LogP contribution is 2.22. The molecule has 0 saturated carbocycles. The molecule has 0 radical (unpaired) electrons. The lowest BCUT2D eigenvalue weighted by atomic mass is 9.87. The normalized spacial score (nSPS) is 14.8. The molecule has 0 aromatic heterocycles. The predicted octanol–water partition coefficient (Wildman–Crippen LogP) is 1.52. The number of carbonyl (C=O) groups excluding carboxylic acids is 1. The van der Waals surface area contributed by atoms with Gasteiger partial charge in [0.15, 0.2) is 0 Å². The molecule has 0 rings (SSSR count). The van der Waals surface area contributed by atoms with Crippen molar-refractivity contribution in [3.63, 3.8) is 0 Å². The van der Waals surface area contributed by atoms with Crippen molar-refractivity contribution in [2.24, 2.45) is 5.41 Å². The summed E-state index contributed by atoms with van der Waals surface area (Å²) in [5, 5.41) is 14.5. The van der Waals surface area contributed by atoms with Crippen molar-refractivity contribution >= 4 is 12.0 Å². The minimum absolute atomic E-state index is 0.00474. The maximum absolute atomic E-state index is 11.9. The molecule has 118 valence electrons. The Morgan fingerprint density at radius 3 is 2.15 bits per heavy atom. The zero-order chi connectivity index (χ0) is 15.9. The Bertz CT molecular complexity index is 324. The summed E-state index contributed by atoms with van der Waals surface area (Å²) in [6.45, 7) is 8.72. The molecule has 0 aliphatic carbocycles. The number of hydrogen-bond donors (Lipinski definition) is 3. The van der Waals surface area contributed by atoms with Gasteiger partial charge in [0.2, 0.25) is 0 Å². The third-order valence-corrected chi connectivity index (χ3v) is 2.63. The van der Waals surface area contributed by atoms with Crippen LogP contribution in [0.3, 0.4) is 0 Å². The second kappa shape index (κ2) is 8.09. The van der Waals surface area contributed by atoms with Crippen molar-refractivity contribution in [2.75, 3.05) is 20.6 Å². The number of aliphatic carboxylic acids is 1. The molecular formula is C14H29N3O3. The van der Waals surface area contributed by atoms with Crippen molar-refractivity contribution in [3.8, 4) is 0 Å². The van der Waals surface area contributed by atoms with Crippen LogP contribution in [0.4, 0.5) is 4.79 Å². The number of nitrogens with zero attached hydrogens (tertiary/aromatic N) is 1. The van der Waals surface area contributed by atoms with E-state index in [2.05, 4.69) is 10.6 Å². The summed E-state index contributed by atoms with van der Waals surface area (Å²) in [6, 6.07) is -0.668. The van der Waals surface area contributed by atoms with Crippen molar-refractivity contribution in [2.45, 2.75) is 52.6 Å². The lowest BCUT2D eigenvalue weighted by molar-refractivity contribution is -0.137. The molecule has 20 heavy (non-hydrogen) atoms. The van der Waals surface area contributed by atoms with Gasteiger partial charge in [-0.1, -0.05) is 20.8 Å². The molecule has 0 heterocycles. The fourth-order valence-corrected chi connectivity index (χ4v) is 2.17. The minimum Gasteiger partial charge on any atom is -0.481 e. The molecule has 0 aliphatic heterocycles. The minimum atomic E-state index is -0.902. The maximum atomic E-state index is 11.9. The fraction of sp³-hybridized carbons (Fsp3) is 0.857. The van der Waals surface area contributed by atoms with Crippen LogP contribution in [0.5, 0.6) is 0 Å². The molecule has 6 heteroatoms. The number of carboxylic acids is 1. The van der Waals surface area contributed by atoms with Gasteiger partial charge in [-0.15, -0.1) is 0 Å². The van der Waals surface area contributed by atoms with Crippen LogP contribution in [0.1, 0.15) is 40.5 Å². The summed E-state index contributed by atoms with van der Waals surface area (Å²) in [7, 11) is 3.87. The van der Waals surface area contributed by atoms with E-state index in [4.69, 9.17) is 5.11 Å². The summed E-state index contributed by atoms with van der Waals surface area (Å²) >= 11 is 0. The van der Waals surface area contributed by atoms with Crippen LogP contribution in [0, 0.1) is 5.41 Å². The zero-order valence-corrected chi connectivity index (χ0v) is 13.5. The summed E-state index contributed by atoms with van der Waals surface area (Å²) < 4.78 is 0. The van der Waals surface area contributed by atoms with Crippen LogP contribution in [0.15, 0.2) is 0 Å². The molecule has 0 aromatic carbocycles. The first kappa shape index (κ1) is 18.7. The molecule has 0 fully saturated rings. The average molecular weight is 287 g/mol. The Morgan fingerprint density at radius 2 is 1.75 bits per heavy atom. The van der Waals surface area contributed by atoms with E-state index in [1.54, 1.807) is 0 Å². The Morgan fingerprint density at radius 1 is 1.20 bits per heavy atom. The number of hydrogen-bond acceptors (Lipinski definition) is 3. The second-order valence-electron chi connectivity index (χ2n) is 6.84. The first-order valence-corrected chi connectivity index (χ1v) is 6.93. The monoisotopic (exact) mass is 287 g/mol. The van der Waals surface area contributed by atoms with Gasteiger partial charge in [0.05, 0.1) is 6.42 Å². The van der Waals surface area contributed by atoms with Crippen LogP contribution in [0.25, 0.3) is 0 Å². The molecular weight excluding hydrogens is 258 g/mol. The summed E-state index contributed by atoms with van der Waals surface area (Å²) in [5.74, 6) is -0.902. The quantitative estimate of drug-likeness (QED) is 0.663. The first-order valence-electron chi connectivity index (χ1n) is 6.93. The van der Waals surface area contributed by atoms with Gasteiger partial charge >= 0.3 is 12.0 Å². The van der Waals surface area contributed by atoms with Crippen LogP contribution < -0.4 is 10.6 Å². The number of likely N-dealkylation sites (N-methyl/N-ethyl adjacent to an activating group) is 1. The topological polar surface area (TPSA) is 81.7 Å². The van der Waals surface area contributed by atoms with E-state index in [0.29, 0.717) is 6.42 Å². The number of rotatable bonds is 7.